The molecule has 1 aliphatic carbocycles. The van der Waals surface area contributed by atoms with Crippen LogP contribution in [0.5, 0.6) is 0 Å². The summed E-state index contributed by atoms with van der Waals surface area (Å²) in [6.45, 7) is 6.25. The summed E-state index contributed by atoms with van der Waals surface area (Å²) < 4.78 is 0. The van der Waals surface area contributed by atoms with E-state index in [1.54, 1.807) is 13.8 Å². The smallest absolute Gasteiger partial charge is 0.232 e. The first-order valence-corrected chi connectivity index (χ1v) is 6.47. The van der Waals surface area contributed by atoms with Crippen molar-refractivity contribution >= 4 is 23.1 Å². The second kappa shape index (κ2) is 5.31. The number of nitrogens with zero attached hydrogens (tertiary/aromatic N) is 1. The predicted octanol–water partition coefficient (Wildman–Crippen LogP) is 0.898. The van der Waals surface area contributed by atoms with E-state index in [1.807, 2.05) is 0 Å². The highest BCUT2D eigenvalue weighted by molar-refractivity contribution is 7.80. The van der Waals surface area contributed by atoms with E-state index in [-0.39, 0.29) is 10.9 Å². The van der Waals surface area contributed by atoms with Gasteiger partial charge < -0.3 is 11.1 Å². The van der Waals surface area contributed by atoms with Crippen molar-refractivity contribution < 1.29 is 4.79 Å². The SMILES string of the molecule is CC(CNC(=O)C(C)(C)C(N)=S)N(C)C1CC1. The van der Waals surface area contributed by atoms with E-state index in [1.165, 1.54) is 12.8 Å². The highest BCUT2D eigenvalue weighted by atomic mass is 32.1. The molecule has 1 unspecified atom stereocenters. The lowest BCUT2D eigenvalue weighted by Crippen LogP contribution is -2.48. The quantitative estimate of drug-likeness (QED) is 0.694. The number of hydrogen-bond acceptors (Lipinski definition) is 3. The minimum atomic E-state index is -0.771. The lowest BCUT2D eigenvalue weighted by molar-refractivity contribution is -0.126. The molecule has 5 heteroatoms. The topological polar surface area (TPSA) is 58.4 Å². The summed E-state index contributed by atoms with van der Waals surface area (Å²) in [5.74, 6) is -0.0963. The number of likely N-dealkylation sites (N-methyl/N-ethyl adjacent to an activating group) is 1. The maximum absolute atomic E-state index is 11.9. The maximum Gasteiger partial charge on any atom is 0.232 e. The molecule has 0 spiro atoms. The number of carbonyl (C=O) groups is 1. The molecule has 4 nitrogen and oxygen atoms in total. The number of amides is 1. The number of nitrogens with one attached hydrogen (secondary N) is 1. The molecule has 0 bridgehead atoms. The third kappa shape index (κ3) is 3.64. The third-order valence-electron chi connectivity index (χ3n) is 3.56. The Morgan fingerprint density at radius 1 is 1.59 bits per heavy atom. The van der Waals surface area contributed by atoms with Crippen LogP contribution in [-0.2, 0) is 4.79 Å². The average molecular weight is 257 g/mol. The van der Waals surface area contributed by atoms with Crippen LogP contribution in [0.15, 0.2) is 0 Å². The van der Waals surface area contributed by atoms with Gasteiger partial charge in [-0.25, -0.2) is 0 Å². The molecule has 1 saturated carbocycles. The molecule has 1 atom stereocenters. The molecule has 1 aliphatic rings. The molecular weight excluding hydrogens is 234 g/mol. The third-order valence-corrected chi connectivity index (χ3v) is 4.07. The van der Waals surface area contributed by atoms with Crippen molar-refractivity contribution in [2.24, 2.45) is 11.1 Å². The van der Waals surface area contributed by atoms with Crippen LogP contribution in [0.2, 0.25) is 0 Å². The van der Waals surface area contributed by atoms with E-state index in [0.29, 0.717) is 18.6 Å². The molecule has 1 fully saturated rings. The van der Waals surface area contributed by atoms with Crippen LogP contribution in [-0.4, -0.2) is 41.5 Å². The summed E-state index contributed by atoms with van der Waals surface area (Å²) in [5.41, 5.74) is 4.79. The molecule has 0 heterocycles. The lowest BCUT2D eigenvalue weighted by atomic mass is 9.92. The minimum absolute atomic E-state index is 0.0963. The van der Waals surface area contributed by atoms with Crippen molar-refractivity contribution in [3.63, 3.8) is 0 Å². The largest absolute Gasteiger partial charge is 0.392 e. The summed E-state index contributed by atoms with van der Waals surface area (Å²) >= 11 is 4.90. The minimum Gasteiger partial charge on any atom is -0.392 e. The number of nitrogens with two attached hydrogens (primary N) is 1. The molecule has 98 valence electrons. The van der Waals surface area contributed by atoms with Crippen LogP contribution in [0.1, 0.15) is 33.6 Å². The molecular formula is C12H23N3OS. The predicted molar refractivity (Wildman–Crippen MR) is 73.8 cm³/mol. The fourth-order valence-corrected chi connectivity index (χ4v) is 1.65. The van der Waals surface area contributed by atoms with Crippen molar-refractivity contribution in [1.82, 2.24) is 10.2 Å². The molecule has 0 aromatic carbocycles. The Hall–Kier alpha value is -0.680. The highest BCUT2D eigenvalue weighted by Gasteiger charge is 2.32. The van der Waals surface area contributed by atoms with Gasteiger partial charge in [0.15, 0.2) is 0 Å². The highest BCUT2D eigenvalue weighted by Crippen LogP contribution is 2.26. The van der Waals surface area contributed by atoms with Crippen LogP contribution in [0.3, 0.4) is 0 Å². The number of carbonyl (C=O) groups excluding carboxylic acids is 1. The number of hydrogen-bond donors (Lipinski definition) is 2. The Labute approximate surface area is 109 Å². The molecule has 17 heavy (non-hydrogen) atoms. The Bertz CT molecular complexity index is 313. The van der Waals surface area contributed by atoms with Crippen molar-refractivity contribution in [3.05, 3.63) is 0 Å². The normalized spacial score (nSPS) is 17.9. The molecule has 0 aromatic heterocycles. The van der Waals surface area contributed by atoms with Gasteiger partial charge >= 0.3 is 0 Å². The first-order valence-electron chi connectivity index (χ1n) is 6.07. The zero-order valence-electron chi connectivity index (χ0n) is 11.1. The van der Waals surface area contributed by atoms with E-state index in [9.17, 15) is 4.79 Å². The molecule has 1 rings (SSSR count). The molecule has 3 N–H and O–H groups in total. The van der Waals surface area contributed by atoms with Crippen molar-refractivity contribution in [2.75, 3.05) is 13.6 Å². The van der Waals surface area contributed by atoms with Gasteiger partial charge in [-0.1, -0.05) is 12.2 Å². The molecule has 0 radical (unpaired) electrons. The zero-order valence-corrected chi connectivity index (χ0v) is 11.9. The zero-order chi connectivity index (χ0) is 13.2. The fourth-order valence-electron chi connectivity index (χ4n) is 1.56. The Kier molecular flexibility index (Phi) is 4.49. The number of rotatable bonds is 6. The van der Waals surface area contributed by atoms with Gasteiger partial charge in [-0.05, 0) is 40.7 Å². The van der Waals surface area contributed by atoms with Crippen molar-refractivity contribution in [1.29, 1.82) is 0 Å². The maximum atomic E-state index is 11.9. The molecule has 0 aliphatic heterocycles. The van der Waals surface area contributed by atoms with Crippen LogP contribution in [0, 0.1) is 5.41 Å². The summed E-state index contributed by atoms with van der Waals surface area (Å²) in [6.07, 6.45) is 2.54. The first kappa shape index (κ1) is 14.4. The van der Waals surface area contributed by atoms with Gasteiger partial charge in [0.05, 0.1) is 10.4 Å². The second-order valence-corrected chi connectivity index (χ2v) is 5.88. The van der Waals surface area contributed by atoms with Gasteiger partial charge in [0, 0.05) is 18.6 Å². The lowest BCUT2D eigenvalue weighted by Gasteiger charge is -2.27. The van der Waals surface area contributed by atoms with E-state index >= 15 is 0 Å². The van der Waals surface area contributed by atoms with Crippen LogP contribution in [0.4, 0.5) is 0 Å². The van der Waals surface area contributed by atoms with Gasteiger partial charge in [0.25, 0.3) is 0 Å². The Morgan fingerprint density at radius 3 is 2.53 bits per heavy atom. The molecule has 0 aromatic rings. The summed E-state index contributed by atoms with van der Waals surface area (Å²) in [5, 5.41) is 2.92. The van der Waals surface area contributed by atoms with Crippen molar-refractivity contribution in [2.45, 2.75) is 45.7 Å². The van der Waals surface area contributed by atoms with Gasteiger partial charge in [-0.15, -0.1) is 0 Å². The first-order chi connectivity index (χ1) is 7.76. The van der Waals surface area contributed by atoms with Gasteiger partial charge in [0.2, 0.25) is 5.91 Å². The standard InChI is InChI=1S/C12H23N3OS/c1-8(15(4)9-5-6-9)7-14-11(16)12(2,3)10(13)17/h8-9H,5-7H2,1-4H3,(H2,13,17)(H,14,16). The fraction of sp³-hybridized carbons (Fsp3) is 0.833. The number of thiocarbonyl (C=S) groups is 1. The van der Waals surface area contributed by atoms with E-state index < -0.39 is 5.41 Å². The van der Waals surface area contributed by atoms with Gasteiger partial charge in [-0.2, -0.15) is 0 Å². The van der Waals surface area contributed by atoms with Crippen LogP contribution < -0.4 is 11.1 Å². The van der Waals surface area contributed by atoms with E-state index in [0.717, 1.165) is 0 Å². The van der Waals surface area contributed by atoms with Crippen molar-refractivity contribution in [3.8, 4) is 0 Å². The summed E-state index contributed by atoms with van der Waals surface area (Å²) in [7, 11) is 2.10. The average Bonchev–Trinajstić information content (AvgIpc) is 3.07. The van der Waals surface area contributed by atoms with E-state index in [4.69, 9.17) is 18.0 Å². The Balaban J connectivity index is 2.39. The van der Waals surface area contributed by atoms with Gasteiger partial charge in [0.1, 0.15) is 0 Å². The summed E-state index contributed by atoms with van der Waals surface area (Å²) in [6, 6.07) is 1.04. The molecule has 0 saturated heterocycles. The van der Waals surface area contributed by atoms with Gasteiger partial charge in [-0.3, -0.25) is 9.69 Å². The molecule has 1 amide bonds. The van der Waals surface area contributed by atoms with Crippen LogP contribution in [0.25, 0.3) is 0 Å². The second-order valence-electron chi connectivity index (χ2n) is 5.44. The van der Waals surface area contributed by atoms with E-state index in [2.05, 4.69) is 24.2 Å². The van der Waals surface area contributed by atoms with Crippen LogP contribution >= 0.6 is 12.2 Å². The Morgan fingerprint density at radius 2 is 2.12 bits per heavy atom. The monoisotopic (exact) mass is 257 g/mol. The summed E-state index contributed by atoms with van der Waals surface area (Å²) in [4.78, 5) is 14.5.